The summed E-state index contributed by atoms with van der Waals surface area (Å²) in [7, 11) is 0. The van der Waals surface area contributed by atoms with Crippen LogP contribution >= 0.6 is 0 Å². The topological polar surface area (TPSA) is 76.0 Å². The van der Waals surface area contributed by atoms with Gasteiger partial charge in [-0.1, -0.05) is 13.8 Å². The lowest BCUT2D eigenvalue weighted by Gasteiger charge is -2.17. The first-order valence-corrected chi connectivity index (χ1v) is 8.58. The highest BCUT2D eigenvalue weighted by Crippen LogP contribution is 2.21. The highest BCUT2D eigenvalue weighted by molar-refractivity contribution is 5.97. The average Bonchev–Trinajstić information content (AvgIpc) is 2.85. The van der Waals surface area contributed by atoms with Crippen molar-refractivity contribution in [3.63, 3.8) is 0 Å². The molecular weight excluding hydrogens is 292 g/mol. The number of nitrogens with one attached hydrogen (secondary N) is 2. The Bertz CT molecular complexity index is 575. The van der Waals surface area contributed by atoms with Gasteiger partial charge in [0.1, 0.15) is 5.69 Å². The van der Waals surface area contributed by atoms with E-state index in [4.69, 9.17) is 0 Å². The van der Waals surface area contributed by atoms with E-state index in [0.717, 1.165) is 37.9 Å². The molecule has 2 N–H and O–H groups in total. The first kappa shape index (κ1) is 17.5. The van der Waals surface area contributed by atoms with Crippen LogP contribution in [0.1, 0.15) is 73.8 Å². The minimum Gasteiger partial charge on any atom is -0.351 e. The Balaban J connectivity index is 2.21. The van der Waals surface area contributed by atoms with Gasteiger partial charge in [-0.2, -0.15) is 0 Å². The third-order valence-electron chi connectivity index (χ3n) is 3.96. The van der Waals surface area contributed by atoms with Crippen molar-refractivity contribution in [3.05, 3.63) is 17.2 Å². The Morgan fingerprint density at radius 1 is 1.17 bits per heavy atom. The summed E-state index contributed by atoms with van der Waals surface area (Å²) >= 11 is 0. The molecule has 128 valence electrons. The van der Waals surface area contributed by atoms with Gasteiger partial charge in [0.15, 0.2) is 5.82 Å². The fourth-order valence-electron chi connectivity index (χ4n) is 2.78. The number of rotatable bonds is 6. The molecule has 0 bridgehead atoms. The Hall–Kier alpha value is -1.85. The van der Waals surface area contributed by atoms with Crippen molar-refractivity contribution < 1.29 is 9.59 Å². The van der Waals surface area contributed by atoms with Gasteiger partial charge < -0.3 is 15.2 Å². The second-order valence-corrected chi connectivity index (χ2v) is 6.91. The molecule has 0 fully saturated rings. The van der Waals surface area contributed by atoms with Crippen LogP contribution in [0, 0.1) is 5.92 Å². The third-order valence-corrected chi connectivity index (χ3v) is 3.96. The molecule has 23 heavy (non-hydrogen) atoms. The van der Waals surface area contributed by atoms with Crippen LogP contribution in [0.25, 0.3) is 0 Å². The van der Waals surface area contributed by atoms with Gasteiger partial charge in [0, 0.05) is 19.1 Å². The molecule has 2 amide bonds. The monoisotopic (exact) mass is 320 g/mol. The molecule has 0 spiro atoms. The van der Waals surface area contributed by atoms with Crippen molar-refractivity contribution >= 4 is 11.8 Å². The highest BCUT2D eigenvalue weighted by Gasteiger charge is 2.27. The van der Waals surface area contributed by atoms with Crippen molar-refractivity contribution in [2.24, 2.45) is 5.92 Å². The van der Waals surface area contributed by atoms with E-state index in [0.29, 0.717) is 24.0 Å². The maximum Gasteiger partial charge on any atom is 0.287 e. The standard InChI is InChI=1S/C17H28N4O2/c1-11(2)8-9-18-16(22)14-13-7-5-6-10-21(13)15(20-14)17(23)19-12(3)4/h11-12H,5-10H2,1-4H3,(H,18,22)(H,19,23). The van der Waals surface area contributed by atoms with Crippen molar-refractivity contribution in [1.82, 2.24) is 20.2 Å². The lowest BCUT2D eigenvalue weighted by Crippen LogP contribution is -2.33. The summed E-state index contributed by atoms with van der Waals surface area (Å²) in [6, 6.07) is 0.0439. The van der Waals surface area contributed by atoms with Crippen LogP contribution in [0.3, 0.4) is 0 Å². The minimum absolute atomic E-state index is 0.0439. The zero-order valence-corrected chi connectivity index (χ0v) is 14.6. The molecule has 1 aliphatic heterocycles. The molecular formula is C17H28N4O2. The predicted molar refractivity (Wildman–Crippen MR) is 89.6 cm³/mol. The largest absolute Gasteiger partial charge is 0.351 e. The number of aromatic nitrogens is 2. The minimum atomic E-state index is -0.204. The van der Waals surface area contributed by atoms with Crippen LogP contribution < -0.4 is 10.6 Å². The van der Waals surface area contributed by atoms with Gasteiger partial charge in [0.05, 0.1) is 5.69 Å². The molecule has 1 aliphatic rings. The molecule has 0 saturated carbocycles. The Morgan fingerprint density at radius 3 is 2.57 bits per heavy atom. The molecule has 6 heteroatoms. The van der Waals surface area contributed by atoms with E-state index >= 15 is 0 Å². The number of imidazole rings is 1. The number of hydrogen-bond donors (Lipinski definition) is 2. The summed E-state index contributed by atoms with van der Waals surface area (Å²) in [5.41, 5.74) is 1.31. The van der Waals surface area contributed by atoms with Crippen molar-refractivity contribution in [2.75, 3.05) is 6.54 Å². The fraction of sp³-hybridized carbons (Fsp3) is 0.706. The summed E-state index contributed by atoms with van der Waals surface area (Å²) in [5.74, 6) is 0.533. The van der Waals surface area contributed by atoms with Gasteiger partial charge in [-0.3, -0.25) is 9.59 Å². The summed E-state index contributed by atoms with van der Waals surface area (Å²) < 4.78 is 1.92. The molecule has 6 nitrogen and oxygen atoms in total. The fourth-order valence-corrected chi connectivity index (χ4v) is 2.78. The van der Waals surface area contributed by atoms with Gasteiger partial charge in [-0.25, -0.2) is 4.98 Å². The summed E-state index contributed by atoms with van der Waals surface area (Å²) in [6.45, 7) is 9.46. The van der Waals surface area contributed by atoms with E-state index in [1.165, 1.54) is 0 Å². The van der Waals surface area contributed by atoms with Gasteiger partial charge in [-0.05, 0) is 45.4 Å². The molecule has 2 heterocycles. The highest BCUT2D eigenvalue weighted by atomic mass is 16.2. The second-order valence-electron chi connectivity index (χ2n) is 6.91. The first-order chi connectivity index (χ1) is 10.9. The quantitative estimate of drug-likeness (QED) is 0.843. The van der Waals surface area contributed by atoms with Gasteiger partial charge >= 0.3 is 0 Å². The predicted octanol–water partition coefficient (Wildman–Crippen LogP) is 2.13. The van der Waals surface area contributed by atoms with E-state index in [1.807, 2.05) is 18.4 Å². The van der Waals surface area contributed by atoms with Crippen LogP contribution in [0.2, 0.25) is 0 Å². The SMILES string of the molecule is CC(C)CCNC(=O)c1nc(C(=O)NC(C)C)n2c1CCCC2. The van der Waals surface area contributed by atoms with Gasteiger partial charge in [-0.15, -0.1) is 0 Å². The number of nitrogens with zero attached hydrogens (tertiary/aromatic N) is 2. The van der Waals surface area contributed by atoms with Crippen LogP contribution in [-0.2, 0) is 13.0 Å². The maximum absolute atomic E-state index is 12.4. The lowest BCUT2D eigenvalue weighted by molar-refractivity contribution is 0.0927. The Labute approximate surface area is 138 Å². The number of carbonyl (C=O) groups is 2. The molecule has 2 rings (SSSR count). The van der Waals surface area contributed by atoms with Crippen LogP contribution in [0.4, 0.5) is 0 Å². The zero-order valence-electron chi connectivity index (χ0n) is 14.6. The molecule has 0 unspecified atom stereocenters. The average molecular weight is 320 g/mol. The van der Waals surface area contributed by atoms with Crippen LogP contribution in [0.15, 0.2) is 0 Å². The van der Waals surface area contributed by atoms with E-state index in [2.05, 4.69) is 29.5 Å². The maximum atomic E-state index is 12.4. The molecule has 0 aliphatic carbocycles. The van der Waals surface area contributed by atoms with Crippen LogP contribution in [-0.4, -0.2) is 34.0 Å². The van der Waals surface area contributed by atoms with Crippen molar-refractivity contribution in [3.8, 4) is 0 Å². The van der Waals surface area contributed by atoms with Crippen molar-refractivity contribution in [2.45, 2.75) is 66.0 Å². The number of hydrogen-bond acceptors (Lipinski definition) is 3. The zero-order chi connectivity index (χ0) is 17.0. The third kappa shape index (κ3) is 4.33. The van der Waals surface area contributed by atoms with Gasteiger partial charge in [0.2, 0.25) is 0 Å². The molecule has 1 aromatic heterocycles. The molecule has 0 atom stereocenters. The van der Waals surface area contributed by atoms with E-state index < -0.39 is 0 Å². The summed E-state index contributed by atoms with van der Waals surface area (Å²) in [6.07, 6.45) is 3.78. The van der Waals surface area contributed by atoms with Crippen LogP contribution in [0.5, 0.6) is 0 Å². The molecule has 1 aromatic rings. The smallest absolute Gasteiger partial charge is 0.287 e. The van der Waals surface area contributed by atoms with Crippen molar-refractivity contribution in [1.29, 1.82) is 0 Å². The molecule has 0 radical (unpaired) electrons. The first-order valence-electron chi connectivity index (χ1n) is 8.58. The second kappa shape index (κ2) is 7.62. The normalized spacial score (nSPS) is 14.0. The Morgan fingerprint density at radius 2 is 1.91 bits per heavy atom. The lowest BCUT2D eigenvalue weighted by atomic mass is 10.1. The number of carbonyl (C=O) groups excluding carboxylic acids is 2. The van der Waals surface area contributed by atoms with E-state index in [-0.39, 0.29) is 17.9 Å². The Kier molecular flexibility index (Phi) is 5.80. The number of fused-ring (bicyclic) bond motifs is 1. The van der Waals surface area contributed by atoms with Gasteiger partial charge in [0.25, 0.3) is 11.8 Å². The molecule has 0 saturated heterocycles. The van der Waals surface area contributed by atoms with E-state index in [9.17, 15) is 9.59 Å². The summed E-state index contributed by atoms with van der Waals surface area (Å²) in [4.78, 5) is 29.2. The molecule has 0 aromatic carbocycles. The van der Waals surface area contributed by atoms with E-state index in [1.54, 1.807) is 0 Å². The summed E-state index contributed by atoms with van der Waals surface area (Å²) in [5, 5.41) is 5.79. The number of amides is 2.